The lowest BCUT2D eigenvalue weighted by Crippen LogP contribution is -2.34. The summed E-state index contributed by atoms with van der Waals surface area (Å²) in [6.07, 6.45) is 23.4. The highest BCUT2D eigenvalue weighted by Crippen LogP contribution is 2.29. The van der Waals surface area contributed by atoms with Crippen molar-refractivity contribution in [2.45, 2.75) is 5.79 Å². The molecule has 1 N–H and O–H groups in total. The van der Waals surface area contributed by atoms with Gasteiger partial charge in [0.05, 0.1) is 6.26 Å². The standard InChI is InChI=1S/C15H14O3/c16-18-15-12-8-6-4-2-1-3-5-7-10-14(15)11-9-13-17-15/h1-13,16H/b2-1-,5-3-,6-4-,10-7-,12-8-. The van der Waals surface area contributed by atoms with E-state index in [1.165, 1.54) is 6.26 Å². The van der Waals surface area contributed by atoms with Gasteiger partial charge in [-0.25, -0.2) is 5.26 Å². The highest BCUT2D eigenvalue weighted by Gasteiger charge is 2.34. The van der Waals surface area contributed by atoms with E-state index in [0.717, 1.165) is 0 Å². The van der Waals surface area contributed by atoms with E-state index in [2.05, 4.69) is 4.89 Å². The number of hydrogen-bond donors (Lipinski definition) is 1. The third-order valence-electron chi connectivity index (χ3n) is 2.50. The zero-order valence-corrected chi connectivity index (χ0v) is 9.77. The predicted molar refractivity (Wildman–Crippen MR) is 70.5 cm³/mol. The third-order valence-corrected chi connectivity index (χ3v) is 2.50. The lowest BCUT2D eigenvalue weighted by molar-refractivity contribution is -0.357. The van der Waals surface area contributed by atoms with Crippen molar-refractivity contribution >= 4 is 0 Å². The van der Waals surface area contributed by atoms with Crippen molar-refractivity contribution in [2.75, 3.05) is 0 Å². The summed E-state index contributed by atoms with van der Waals surface area (Å²) >= 11 is 0. The quantitative estimate of drug-likeness (QED) is 0.565. The van der Waals surface area contributed by atoms with Gasteiger partial charge in [-0.3, -0.25) is 0 Å². The lowest BCUT2D eigenvalue weighted by Gasteiger charge is -2.29. The van der Waals surface area contributed by atoms with Gasteiger partial charge in [0.1, 0.15) is 0 Å². The molecule has 1 aliphatic carbocycles. The molecule has 1 unspecified atom stereocenters. The van der Waals surface area contributed by atoms with Crippen LogP contribution in [0.3, 0.4) is 0 Å². The molecule has 18 heavy (non-hydrogen) atoms. The molecular formula is C15H14O3. The monoisotopic (exact) mass is 242 g/mol. The molecule has 0 spiro atoms. The molecule has 0 aromatic carbocycles. The van der Waals surface area contributed by atoms with Crippen LogP contribution in [-0.4, -0.2) is 11.0 Å². The van der Waals surface area contributed by atoms with Crippen LogP contribution in [0.2, 0.25) is 0 Å². The second-order valence-electron chi connectivity index (χ2n) is 3.70. The Morgan fingerprint density at radius 1 is 0.889 bits per heavy atom. The second kappa shape index (κ2) is 6.00. The summed E-state index contributed by atoms with van der Waals surface area (Å²) in [5, 5.41) is 9.14. The van der Waals surface area contributed by atoms with Gasteiger partial charge in [-0.05, 0) is 18.2 Å². The molecule has 0 bridgehead atoms. The molecule has 1 aliphatic heterocycles. The molecule has 0 saturated heterocycles. The second-order valence-corrected chi connectivity index (χ2v) is 3.70. The SMILES string of the molecule is OOC12\C=C/C=C\C=C/C=C\C=C/C1=CC=CO2. The smallest absolute Gasteiger partial charge is 0.285 e. The molecule has 1 heterocycles. The van der Waals surface area contributed by atoms with Gasteiger partial charge in [0.2, 0.25) is 0 Å². The van der Waals surface area contributed by atoms with E-state index in [-0.39, 0.29) is 0 Å². The van der Waals surface area contributed by atoms with Crippen molar-refractivity contribution in [1.29, 1.82) is 0 Å². The van der Waals surface area contributed by atoms with Gasteiger partial charge < -0.3 is 4.74 Å². The van der Waals surface area contributed by atoms with Gasteiger partial charge in [0, 0.05) is 5.57 Å². The van der Waals surface area contributed by atoms with Crippen LogP contribution in [0.15, 0.2) is 84.7 Å². The molecule has 0 aromatic rings. The van der Waals surface area contributed by atoms with Crippen molar-refractivity contribution in [3.05, 3.63) is 84.7 Å². The minimum Gasteiger partial charge on any atom is -0.460 e. The molecule has 2 rings (SSSR count). The largest absolute Gasteiger partial charge is 0.460 e. The van der Waals surface area contributed by atoms with Gasteiger partial charge >= 0.3 is 0 Å². The first-order chi connectivity index (χ1) is 8.87. The average Bonchev–Trinajstić information content (AvgIpc) is 2.40. The third kappa shape index (κ3) is 2.77. The van der Waals surface area contributed by atoms with Crippen LogP contribution in [0.5, 0.6) is 0 Å². The molecule has 0 saturated carbocycles. The van der Waals surface area contributed by atoms with Gasteiger partial charge in [-0.1, -0.05) is 54.7 Å². The first-order valence-corrected chi connectivity index (χ1v) is 5.61. The van der Waals surface area contributed by atoms with Gasteiger partial charge in [0.25, 0.3) is 5.79 Å². The van der Waals surface area contributed by atoms with Crippen molar-refractivity contribution < 1.29 is 14.9 Å². The van der Waals surface area contributed by atoms with E-state index >= 15 is 0 Å². The van der Waals surface area contributed by atoms with Crippen molar-refractivity contribution in [2.24, 2.45) is 0 Å². The predicted octanol–water partition coefficient (Wildman–Crippen LogP) is 3.44. The van der Waals surface area contributed by atoms with Gasteiger partial charge in [-0.15, -0.1) is 0 Å². The summed E-state index contributed by atoms with van der Waals surface area (Å²) in [7, 11) is 0. The molecule has 92 valence electrons. The Morgan fingerprint density at radius 3 is 2.28 bits per heavy atom. The van der Waals surface area contributed by atoms with Crippen molar-refractivity contribution in [3.63, 3.8) is 0 Å². The Morgan fingerprint density at radius 2 is 1.56 bits per heavy atom. The fourth-order valence-electron chi connectivity index (χ4n) is 1.61. The first kappa shape index (κ1) is 12.4. The summed E-state index contributed by atoms with van der Waals surface area (Å²) < 4.78 is 5.39. The van der Waals surface area contributed by atoms with Gasteiger partial charge in [-0.2, -0.15) is 4.89 Å². The molecule has 3 nitrogen and oxygen atoms in total. The van der Waals surface area contributed by atoms with Crippen LogP contribution in [-0.2, 0) is 9.62 Å². The Kier molecular flexibility index (Phi) is 4.12. The average molecular weight is 242 g/mol. The van der Waals surface area contributed by atoms with E-state index < -0.39 is 5.79 Å². The van der Waals surface area contributed by atoms with Crippen LogP contribution in [0.1, 0.15) is 0 Å². The maximum Gasteiger partial charge on any atom is 0.285 e. The topological polar surface area (TPSA) is 38.7 Å². The molecular weight excluding hydrogens is 228 g/mol. The molecule has 2 aliphatic rings. The maximum absolute atomic E-state index is 9.14. The first-order valence-electron chi connectivity index (χ1n) is 5.61. The van der Waals surface area contributed by atoms with E-state index in [1.807, 2.05) is 54.7 Å². The van der Waals surface area contributed by atoms with Crippen molar-refractivity contribution in [1.82, 2.24) is 0 Å². The van der Waals surface area contributed by atoms with E-state index in [4.69, 9.17) is 9.99 Å². The normalized spacial score (nSPS) is 34.8. The Bertz CT molecular complexity index is 490. The van der Waals surface area contributed by atoms with Crippen LogP contribution < -0.4 is 0 Å². The van der Waals surface area contributed by atoms with Crippen LogP contribution in [0.25, 0.3) is 0 Å². The molecule has 1 atom stereocenters. The van der Waals surface area contributed by atoms with Crippen LogP contribution in [0, 0.1) is 0 Å². The maximum atomic E-state index is 9.14. The fraction of sp³-hybridized carbons (Fsp3) is 0.0667. The minimum absolute atomic E-state index is 0.700. The Hall–Kier alpha value is -2.10. The summed E-state index contributed by atoms with van der Waals surface area (Å²) in [5.41, 5.74) is 0.700. The number of hydrogen-bond acceptors (Lipinski definition) is 3. The zero-order chi connectivity index (χ0) is 12.7. The van der Waals surface area contributed by atoms with Crippen LogP contribution in [0.4, 0.5) is 0 Å². The molecule has 3 heteroatoms. The minimum atomic E-state index is -1.29. The number of fused-ring (bicyclic) bond motifs is 1. The van der Waals surface area contributed by atoms with Crippen molar-refractivity contribution in [3.8, 4) is 0 Å². The Labute approximate surface area is 106 Å². The van der Waals surface area contributed by atoms with E-state index in [0.29, 0.717) is 5.57 Å². The Balaban J connectivity index is 2.41. The van der Waals surface area contributed by atoms with Gasteiger partial charge in [0.15, 0.2) is 0 Å². The molecule has 0 aromatic heterocycles. The van der Waals surface area contributed by atoms with Crippen LogP contribution >= 0.6 is 0 Å². The summed E-state index contributed by atoms with van der Waals surface area (Å²) in [6.45, 7) is 0. The zero-order valence-electron chi connectivity index (χ0n) is 9.77. The highest BCUT2D eigenvalue weighted by molar-refractivity contribution is 5.39. The van der Waals surface area contributed by atoms with E-state index in [1.54, 1.807) is 18.2 Å². The number of allylic oxidation sites excluding steroid dienone is 10. The summed E-state index contributed by atoms with van der Waals surface area (Å²) in [5.74, 6) is -1.29. The number of ether oxygens (including phenoxy) is 1. The highest BCUT2D eigenvalue weighted by atomic mass is 17.1. The fourth-order valence-corrected chi connectivity index (χ4v) is 1.61. The number of rotatable bonds is 1. The molecule has 0 fully saturated rings. The van der Waals surface area contributed by atoms with E-state index in [9.17, 15) is 0 Å². The molecule has 0 radical (unpaired) electrons. The molecule has 0 amide bonds. The summed E-state index contributed by atoms with van der Waals surface area (Å²) in [4.78, 5) is 4.53. The summed E-state index contributed by atoms with van der Waals surface area (Å²) in [6, 6.07) is 0. The lowest BCUT2D eigenvalue weighted by atomic mass is 10.0.